The highest BCUT2D eigenvalue weighted by atomic mass is 35.5. The number of aromatic carboxylic acids is 1. The van der Waals surface area contributed by atoms with Gasteiger partial charge in [0.1, 0.15) is 5.69 Å². The van der Waals surface area contributed by atoms with Crippen molar-refractivity contribution < 1.29 is 9.90 Å². The number of halogens is 1. The number of nitrogens with zero attached hydrogens (tertiary/aromatic N) is 3. The van der Waals surface area contributed by atoms with Crippen LogP contribution in [-0.2, 0) is 0 Å². The molecule has 2 heterocycles. The molecule has 0 saturated carbocycles. The van der Waals surface area contributed by atoms with E-state index in [2.05, 4.69) is 15.0 Å². The number of carboxylic acids is 1. The van der Waals surface area contributed by atoms with Crippen LogP contribution in [0.3, 0.4) is 0 Å². The molecule has 2 aromatic heterocycles. The second kappa shape index (κ2) is 5.91. The zero-order valence-electron chi connectivity index (χ0n) is 11.3. The molecule has 0 amide bonds. The highest BCUT2D eigenvalue weighted by Gasteiger charge is 2.14. The fourth-order valence-corrected chi connectivity index (χ4v) is 2.21. The maximum atomic E-state index is 11.3. The number of benzene rings is 1. The van der Waals surface area contributed by atoms with Gasteiger partial charge in [-0.3, -0.25) is 4.98 Å². The Kier molecular flexibility index (Phi) is 3.80. The van der Waals surface area contributed by atoms with Gasteiger partial charge in [0.25, 0.3) is 0 Å². The van der Waals surface area contributed by atoms with Crippen LogP contribution < -0.4 is 0 Å². The van der Waals surface area contributed by atoms with Crippen molar-refractivity contribution >= 4 is 17.6 Å². The smallest absolute Gasteiger partial charge is 0.354 e. The van der Waals surface area contributed by atoms with Gasteiger partial charge in [-0.05, 0) is 24.3 Å². The summed E-state index contributed by atoms with van der Waals surface area (Å²) in [5, 5.41) is 9.74. The summed E-state index contributed by atoms with van der Waals surface area (Å²) < 4.78 is 0. The fraction of sp³-hybridized carbons (Fsp3) is 0. The minimum atomic E-state index is -1.13. The Labute approximate surface area is 131 Å². The molecule has 3 aromatic rings. The molecule has 0 aliphatic carbocycles. The second-order valence-corrected chi connectivity index (χ2v) is 4.87. The lowest BCUT2D eigenvalue weighted by molar-refractivity contribution is 0.0690. The third kappa shape index (κ3) is 2.80. The molecule has 22 heavy (non-hydrogen) atoms. The SMILES string of the molecule is O=C(O)c1cc(-c2ccccc2Cl)nc(-c2ccccn2)n1. The lowest BCUT2D eigenvalue weighted by Gasteiger charge is -2.07. The Balaban J connectivity index is 2.21. The van der Waals surface area contributed by atoms with E-state index < -0.39 is 5.97 Å². The lowest BCUT2D eigenvalue weighted by atomic mass is 10.1. The summed E-state index contributed by atoms with van der Waals surface area (Å²) in [6.07, 6.45) is 1.60. The first-order chi connectivity index (χ1) is 10.6. The fourth-order valence-electron chi connectivity index (χ4n) is 1.97. The summed E-state index contributed by atoms with van der Waals surface area (Å²) in [5.41, 5.74) is 1.48. The molecule has 6 heteroatoms. The predicted molar refractivity (Wildman–Crippen MR) is 82.7 cm³/mol. The Hall–Kier alpha value is -2.79. The molecule has 0 aliphatic heterocycles. The first-order valence-corrected chi connectivity index (χ1v) is 6.81. The summed E-state index contributed by atoms with van der Waals surface area (Å²) in [6.45, 7) is 0. The summed E-state index contributed by atoms with van der Waals surface area (Å²) in [4.78, 5) is 23.9. The van der Waals surface area contributed by atoms with E-state index >= 15 is 0 Å². The predicted octanol–water partition coefficient (Wildman–Crippen LogP) is 3.56. The van der Waals surface area contributed by atoms with Gasteiger partial charge in [0.05, 0.1) is 5.69 Å². The summed E-state index contributed by atoms with van der Waals surface area (Å²) >= 11 is 6.17. The maximum absolute atomic E-state index is 11.3. The van der Waals surface area contributed by atoms with Gasteiger partial charge in [0.15, 0.2) is 11.5 Å². The van der Waals surface area contributed by atoms with E-state index in [1.54, 1.807) is 42.6 Å². The number of aromatic nitrogens is 3. The highest BCUT2D eigenvalue weighted by molar-refractivity contribution is 6.33. The van der Waals surface area contributed by atoms with Crippen LogP contribution in [0.25, 0.3) is 22.8 Å². The highest BCUT2D eigenvalue weighted by Crippen LogP contribution is 2.27. The zero-order chi connectivity index (χ0) is 15.5. The van der Waals surface area contributed by atoms with E-state index in [4.69, 9.17) is 11.6 Å². The van der Waals surface area contributed by atoms with E-state index in [1.165, 1.54) is 6.07 Å². The van der Waals surface area contributed by atoms with E-state index in [1.807, 2.05) is 6.07 Å². The third-order valence-corrected chi connectivity index (χ3v) is 3.32. The van der Waals surface area contributed by atoms with Crippen LogP contribution in [0.5, 0.6) is 0 Å². The average molecular weight is 312 g/mol. The van der Waals surface area contributed by atoms with Crippen molar-refractivity contribution in [3.8, 4) is 22.8 Å². The number of carbonyl (C=O) groups is 1. The quantitative estimate of drug-likeness (QED) is 0.800. The second-order valence-electron chi connectivity index (χ2n) is 4.46. The largest absolute Gasteiger partial charge is 0.477 e. The lowest BCUT2D eigenvalue weighted by Crippen LogP contribution is -2.05. The summed E-state index contributed by atoms with van der Waals surface area (Å²) in [6, 6.07) is 13.8. The van der Waals surface area contributed by atoms with E-state index in [0.717, 1.165) is 0 Å². The topological polar surface area (TPSA) is 76.0 Å². The number of pyridine rings is 1. The molecule has 1 aromatic carbocycles. The van der Waals surface area contributed by atoms with Crippen LogP contribution in [0.4, 0.5) is 0 Å². The Bertz CT molecular complexity index is 838. The van der Waals surface area contributed by atoms with Gasteiger partial charge in [0, 0.05) is 16.8 Å². The molecule has 0 fully saturated rings. The molecule has 1 N–H and O–H groups in total. The van der Waals surface area contributed by atoms with Crippen molar-refractivity contribution in [1.29, 1.82) is 0 Å². The van der Waals surface area contributed by atoms with Crippen LogP contribution >= 0.6 is 11.6 Å². The standard InChI is InChI=1S/C16H10ClN3O2/c17-11-6-2-1-5-10(11)13-9-14(16(21)22)20-15(19-13)12-7-3-4-8-18-12/h1-9H,(H,21,22). The normalized spacial score (nSPS) is 10.4. The molecule has 0 radical (unpaired) electrons. The minimum Gasteiger partial charge on any atom is -0.477 e. The molecule has 0 aliphatic rings. The Morgan fingerprint density at radius 1 is 1.00 bits per heavy atom. The third-order valence-electron chi connectivity index (χ3n) is 2.99. The van der Waals surface area contributed by atoms with Crippen molar-refractivity contribution in [1.82, 2.24) is 15.0 Å². The van der Waals surface area contributed by atoms with Gasteiger partial charge in [-0.2, -0.15) is 0 Å². The number of carboxylic acid groups (broad SMARTS) is 1. The van der Waals surface area contributed by atoms with Crippen LogP contribution in [0.15, 0.2) is 54.7 Å². The maximum Gasteiger partial charge on any atom is 0.354 e. The molecule has 0 spiro atoms. The molecule has 0 unspecified atom stereocenters. The van der Waals surface area contributed by atoms with Crippen LogP contribution in [-0.4, -0.2) is 26.0 Å². The molecule has 0 bridgehead atoms. The van der Waals surface area contributed by atoms with Crippen molar-refractivity contribution in [2.45, 2.75) is 0 Å². The van der Waals surface area contributed by atoms with Gasteiger partial charge in [-0.15, -0.1) is 0 Å². The van der Waals surface area contributed by atoms with Gasteiger partial charge in [-0.1, -0.05) is 35.9 Å². The van der Waals surface area contributed by atoms with E-state index in [9.17, 15) is 9.90 Å². The first-order valence-electron chi connectivity index (χ1n) is 6.44. The summed E-state index contributed by atoms with van der Waals surface area (Å²) in [5.74, 6) is -0.886. The van der Waals surface area contributed by atoms with Crippen LogP contribution in [0.2, 0.25) is 5.02 Å². The van der Waals surface area contributed by atoms with Gasteiger partial charge < -0.3 is 5.11 Å². The van der Waals surface area contributed by atoms with Gasteiger partial charge in [0.2, 0.25) is 0 Å². The first kappa shape index (κ1) is 14.2. The van der Waals surface area contributed by atoms with Crippen LogP contribution in [0.1, 0.15) is 10.5 Å². The van der Waals surface area contributed by atoms with Gasteiger partial charge >= 0.3 is 5.97 Å². The van der Waals surface area contributed by atoms with Gasteiger partial charge in [-0.25, -0.2) is 14.8 Å². The Morgan fingerprint density at radius 2 is 1.77 bits per heavy atom. The van der Waals surface area contributed by atoms with Crippen molar-refractivity contribution in [2.24, 2.45) is 0 Å². The van der Waals surface area contributed by atoms with E-state index in [-0.39, 0.29) is 11.5 Å². The van der Waals surface area contributed by atoms with Crippen molar-refractivity contribution in [3.05, 3.63) is 65.4 Å². The molecular weight excluding hydrogens is 302 g/mol. The molecule has 0 saturated heterocycles. The minimum absolute atomic E-state index is 0.106. The van der Waals surface area contributed by atoms with Crippen molar-refractivity contribution in [3.63, 3.8) is 0 Å². The molecule has 0 atom stereocenters. The molecular formula is C16H10ClN3O2. The number of rotatable bonds is 3. The number of hydrogen-bond acceptors (Lipinski definition) is 4. The zero-order valence-corrected chi connectivity index (χ0v) is 12.0. The molecule has 108 valence electrons. The summed E-state index contributed by atoms with van der Waals surface area (Å²) in [7, 11) is 0. The van der Waals surface area contributed by atoms with Crippen molar-refractivity contribution in [2.75, 3.05) is 0 Å². The monoisotopic (exact) mass is 311 g/mol. The Morgan fingerprint density at radius 3 is 2.45 bits per heavy atom. The average Bonchev–Trinajstić information content (AvgIpc) is 2.55. The molecule has 3 rings (SSSR count). The van der Waals surface area contributed by atoms with Crippen LogP contribution in [0, 0.1) is 0 Å². The van der Waals surface area contributed by atoms with E-state index in [0.29, 0.717) is 22.0 Å². The number of hydrogen-bond donors (Lipinski definition) is 1. The molecule has 5 nitrogen and oxygen atoms in total.